The highest BCUT2D eigenvalue weighted by Gasteiger charge is 2.34. The van der Waals surface area contributed by atoms with Crippen LogP contribution in [-0.2, 0) is 10.0 Å². The minimum absolute atomic E-state index is 0.0479. The summed E-state index contributed by atoms with van der Waals surface area (Å²) in [6, 6.07) is 15.8. The van der Waals surface area contributed by atoms with Gasteiger partial charge in [-0.15, -0.1) is 0 Å². The van der Waals surface area contributed by atoms with Crippen molar-refractivity contribution in [2.75, 3.05) is 6.54 Å². The predicted octanol–water partition coefficient (Wildman–Crippen LogP) is 2.66. The van der Waals surface area contributed by atoms with Gasteiger partial charge in [-0.25, -0.2) is 8.42 Å². The normalized spacial score (nSPS) is 22.2. The molecule has 1 N–H and O–H groups in total. The fourth-order valence-corrected chi connectivity index (χ4v) is 4.30. The van der Waals surface area contributed by atoms with Crippen molar-refractivity contribution in [3.05, 3.63) is 77.9 Å². The van der Waals surface area contributed by atoms with E-state index < -0.39 is 22.2 Å². The van der Waals surface area contributed by atoms with Gasteiger partial charge in [0, 0.05) is 6.54 Å². The summed E-state index contributed by atoms with van der Waals surface area (Å²) in [6.07, 6.45) is 2.60. The van der Waals surface area contributed by atoms with Crippen molar-refractivity contribution < 1.29 is 13.5 Å². The van der Waals surface area contributed by atoms with Crippen LogP contribution in [0, 0.1) is 6.92 Å². The Bertz CT molecular complexity index is 798. The third-order valence-electron chi connectivity index (χ3n) is 3.96. The Morgan fingerprint density at radius 3 is 2.30 bits per heavy atom. The van der Waals surface area contributed by atoms with Gasteiger partial charge in [-0.05, 0) is 24.6 Å². The Morgan fingerprint density at radius 1 is 1.00 bits per heavy atom. The molecule has 1 aliphatic rings. The molecule has 0 bridgehead atoms. The number of benzene rings is 2. The zero-order valence-electron chi connectivity index (χ0n) is 12.8. The number of sulfonamides is 1. The molecule has 0 saturated carbocycles. The molecule has 0 amide bonds. The molecular weight excluding hydrogens is 310 g/mol. The zero-order chi connectivity index (χ0) is 16.4. The van der Waals surface area contributed by atoms with Crippen LogP contribution in [0.15, 0.2) is 71.6 Å². The molecule has 2 aromatic carbocycles. The third-order valence-corrected chi connectivity index (χ3v) is 5.82. The number of aliphatic hydroxyl groups excluding tert-OH is 1. The van der Waals surface area contributed by atoms with Gasteiger partial charge in [-0.2, -0.15) is 4.31 Å². The number of hydrogen-bond donors (Lipinski definition) is 1. The molecule has 1 heterocycles. The molecule has 4 nitrogen and oxygen atoms in total. The van der Waals surface area contributed by atoms with E-state index in [0.717, 1.165) is 11.1 Å². The lowest BCUT2D eigenvalue weighted by atomic mass is 10.0. The Morgan fingerprint density at radius 2 is 1.65 bits per heavy atom. The maximum Gasteiger partial charge on any atom is 0.244 e. The Labute approximate surface area is 136 Å². The van der Waals surface area contributed by atoms with Crippen LogP contribution >= 0.6 is 0 Å². The molecule has 1 aliphatic heterocycles. The smallest absolute Gasteiger partial charge is 0.244 e. The molecular formula is C18H19NO3S. The Balaban J connectivity index is 2.04. The van der Waals surface area contributed by atoms with E-state index in [2.05, 4.69) is 0 Å². The lowest BCUT2D eigenvalue weighted by Gasteiger charge is -2.33. The Hall–Kier alpha value is -1.95. The standard InChI is InChI=1S/C18H19NO3S/c1-14-7-10-17(11-8-14)23(21,22)19-13-16(20)9-12-18(19)15-5-3-2-4-6-15/h2-12,16,18,20H,13H2,1H3/t16-,18-/m1/s1. The average molecular weight is 329 g/mol. The molecule has 0 unspecified atom stereocenters. The average Bonchev–Trinajstić information content (AvgIpc) is 2.56. The first-order valence-corrected chi connectivity index (χ1v) is 8.92. The molecule has 0 aliphatic carbocycles. The van der Waals surface area contributed by atoms with Gasteiger partial charge in [0.05, 0.1) is 17.0 Å². The number of hydrogen-bond acceptors (Lipinski definition) is 3. The molecule has 0 radical (unpaired) electrons. The second-order valence-corrected chi connectivity index (χ2v) is 7.59. The first-order chi connectivity index (χ1) is 11.0. The second kappa shape index (κ2) is 6.28. The van der Waals surface area contributed by atoms with Gasteiger partial charge in [0.1, 0.15) is 0 Å². The van der Waals surface area contributed by atoms with Crippen LogP contribution in [0.4, 0.5) is 0 Å². The molecule has 2 atom stereocenters. The highest BCUT2D eigenvalue weighted by molar-refractivity contribution is 7.89. The van der Waals surface area contributed by atoms with E-state index in [-0.39, 0.29) is 11.4 Å². The number of aliphatic hydroxyl groups is 1. The predicted molar refractivity (Wildman–Crippen MR) is 89.4 cm³/mol. The van der Waals surface area contributed by atoms with Crippen molar-refractivity contribution in [2.45, 2.75) is 24.0 Å². The highest BCUT2D eigenvalue weighted by Crippen LogP contribution is 2.31. The molecule has 23 heavy (non-hydrogen) atoms. The maximum atomic E-state index is 13.0. The van der Waals surface area contributed by atoms with Crippen LogP contribution in [0.2, 0.25) is 0 Å². The van der Waals surface area contributed by atoms with E-state index in [1.807, 2.05) is 37.3 Å². The van der Waals surface area contributed by atoms with Crippen LogP contribution in [0.1, 0.15) is 17.2 Å². The lowest BCUT2D eigenvalue weighted by molar-refractivity contribution is 0.166. The first kappa shape index (κ1) is 15.9. The van der Waals surface area contributed by atoms with Gasteiger partial charge in [0.25, 0.3) is 0 Å². The molecule has 0 saturated heterocycles. The molecule has 2 aromatic rings. The molecule has 0 fully saturated rings. The highest BCUT2D eigenvalue weighted by atomic mass is 32.2. The van der Waals surface area contributed by atoms with E-state index in [1.54, 1.807) is 36.4 Å². The SMILES string of the molecule is Cc1ccc(S(=O)(=O)N2C[C@H](O)C=C[C@@H]2c2ccccc2)cc1. The first-order valence-electron chi connectivity index (χ1n) is 7.48. The van der Waals surface area contributed by atoms with Crippen LogP contribution in [0.3, 0.4) is 0 Å². The quantitative estimate of drug-likeness (QED) is 0.881. The molecule has 5 heteroatoms. The summed E-state index contributed by atoms with van der Waals surface area (Å²) >= 11 is 0. The molecule has 3 rings (SSSR count). The van der Waals surface area contributed by atoms with Crippen LogP contribution in [-0.4, -0.2) is 30.5 Å². The minimum atomic E-state index is -3.69. The fourth-order valence-electron chi connectivity index (χ4n) is 2.71. The van der Waals surface area contributed by atoms with Crippen molar-refractivity contribution in [1.82, 2.24) is 4.31 Å². The topological polar surface area (TPSA) is 57.6 Å². The summed E-state index contributed by atoms with van der Waals surface area (Å²) in [7, 11) is -3.69. The van der Waals surface area contributed by atoms with Gasteiger partial charge in [0.2, 0.25) is 10.0 Å². The van der Waals surface area contributed by atoms with Crippen molar-refractivity contribution in [1.29, 1.82) is 0 Å². The summed E-state index contributed by atoms with van der Waals surface area (Å²) in [4.78, 5) is 0.242. The van der Waals surface area contributed by atoms with E-state index in [4.69, 9.17) is 0 Å². The number of rotatable bonds is 3. The molecule has 0 aromatic heterocycles. The fraction of sp³-hybridized carbons (Fsp3) is 0.222. The van der Waals surface area contributed by atoms with Crippen LogP contribution < -0.4 is 0 Å². The van der Waals surface area contributed by atoms with Crippen LogP contribution in [0.25, 0.3) is 0 Å². The summed E-state index contributed by atoms with van der Waals surface area (Å²) in [5, 5.41) is 9.91. The summed E-state index contributed by atoms with van der Waals surface area (Å²) in [5.74, 6) is 0. The summed E-state index contributed by atoms with van der Waals surface area (Å²) in [6.45, 7) is 1.96. The molecule has 0 spiro atoms. The zero-order valence-corrected chi connectivity index (χ0v) is 13.6. The van der Waals surface area contributed by atoms with Gasteiger partial charge < -0.3 is 5.11 Å². The van der Waals surface area contributed by atoms with Crippen molar-refractivity contribution in [3.8, 4) is 0 Å². The van der Waals surface area contributed by atoms with E-state index in [0.29, 0.717) is 0 Å². The largest absolute Gasteiger partial charge is 0.388 e. The monoisotopic (exact) mass is 329 g/mol. The minimum Gasteiger partial charge on any atom is -0.388 e. The maximum absolute atomic E-state index is 13.0. The van der Waals surface area contributed by atoms with Crippen molar-refractivity contribution in [3.63, 3.8) is 0 Å². The summed E-state index contributed by atoms with van der Waals surface area (Å²) < 4.78 is 27.4. The number of β-amino-alcohol motifs (C(OH)–C–C–N with tert-alkyl or cyclic N) is 1. The summed E-state index contributed by atoms with van der Waals surface area (Å²) in [5.41, 5.74) is 1.88. The van der Waals surface area contributed by atoms with E-state index >= 15 is 0 Å². The third kappa shape index (κ3) is 3.22. The second-order valence-electron chi connectivity index (χ2n) is 5.70. The number of nitrogens with zero attached hydrogens (tertiary/aromatic N) is 1. The van der Waals surface area contributed by atoms with Gasteiger partial charge >= 0.3 is 0 Å². The number of aryl methyl sites for hydroxylation is 1. The van der Waals surface area contributed by atoms with E-state index in [9.17, 15) is 13.5 Å². The van der Waals surface area contributed by atoms with Crippen LogP contribution in [0.5, 0.6) is 0 Å². The van der Waals surface area contributed by atoms with E-state index in [1.165, 1.54) is 4.31 Å². The van der Waals surface area contributed by atoms with Gasteiger partial charge in [-0.1, -0.05) is 60.2 Å². The van der Waals surface area contributed by atoms with Crippen molar-refractivity contribution >= 4 is 10.0 Å². The van der Waals surface area contributed by atoms with Crippen molar-refractivity contribution in [2.24, 2.45) is 0 Å². The van der Waals surface area contributed by atoms with Gasteiger partial charge in [-0.3, -0.25) is 0 Å². The molecule has 120 valence electrons. The van der Waals surface area contributed by atoms with Gasteiger partial charge in [0.15, 0.2) is 0 Å². The Kier molecular flexibility index (Phi) is 4.35. The lowest BCUT2D eigenvalue weighted by Crippen LogP contribution is -2.41.